The summed E-state index contributed by atoms with van der Waals surface area (Å²) >= 11 is 0. The van der Waals surface area contributed by atoms with Crippen LogP contribution in [-0.4, -0.2) is 46.5 Å². The molecule has 1 saturated heterocycles. The summed E-state index contributed by atoms with van der Waals surface area (Å²) in [6.07, 6.45) is -0.803. The van der Waals surface area contributed by atoms with Gasteiger partial charge in [-0.3, -0.25) is 14.5 Å². The molecule has 10 heteroatoms. The number of carbonyl (C=O) groups excluding carboxylic acids is 2. The Bertz CT molecular complexity index is 961. The lowest BCUT2D eigenvalue weighted by Gasteiger charge is -2.21. The first-order valence-corrected chi connectivity index (χ1v) is 9.35. The predicted molar refractivity (Wildman–Crippen MR) is 102 cm³/mol. The van der Waals surface area contributed by atoms with Crippen LogP contribution < -0.4 is 20.7 Å². The summed E-state index contributed by atoms with van der Waals surface area (Å²) in [5, 5.41) is 2.99. The number of imidazole rings is 1. The minimum atomic E-state index is -2.63. The van der Waals surface area contributed by atoms with Crippen LogP contribution in [0.5, 0.6) is 5.75 Å². The molecule has 1 fully saturated rings. The molecule has 2 atom stereocenters. The van der Waals surface area contributed by atoms with Gasteiger partial charge in [-0.05, 0) is 25.5 Å². The van der Waals surface area contributed by atoms with Crippen LogP contribution in [0.3, 0.4) is 0 Å². The number of primary amides is 1. The van der Waals surface area contributed by atoms with E-state index >= 15 is 0 Å². The van der Waals surface area contributed by atoms with E-state index in [4.69, 9.17) is 10.5 Å². The third kappa shape index (κ3) is 3.50. The predicted octanol–water partition coefficient (Wildman–Crippen LogP) is 1.99. The Morgan fingerprint density at radius 2 is 2.21 bits per heavy atom. The van der Waals surface area contributed by atoms with Gasteiger partial charge in [0.25, 0.3) is 6.43 Å². The van der Waals surface area contributed by atoms with Gasteiger partial charge in [0.15, 0.2) is 5.82 Å². The summed E-state index contributed by atoms with van der Waals surface area (Å²) in [5.74, 6) is 0.477. The Labute approximate surface area is 165 Å². The Kier molecular flexibility index (Phi) is 4.85. The fourth-order valence-electron chi connectivity index (χ4n) is 3.64. The second-order valence-corrected chi connectivity index (χ2v) is 7.15. The van der Waals surface area contributed by atoms with E-state index in [1.807, 2.05) is 0 Å². The van der Waals surface area contributed by atoms with E-state index in [0.717, 1.165) is 4.90 Å². The highest BCUT2D eigenvalue weighted by atomic mass is 19.3. The minimum Gasteiger partial charge on any atom is -0.491 e. The highest BCUT2D eigenvalue weighted by molar-refractivity contribution is 5.95. The number of nitrogens with zero attached hydrogens (tertiary/aromatic N) is 3. The maximum Gasteiger partial charge on any atom is 0.259 e. The summed E-state index contributed by atoms with van der Waals surface area (Å²) in [7, 11) is 0. The monoisotopic (exact) mass is 405 g/mol. The van der Waals surface area contributed by atoms with Crippen molar-refractivity contribution in [3.63, 3.8) is 0 Å². The number of nitrogens with two attached hydrogens (primary N) is 1. The van der Waals surface area contributed by atoms with Crippen molar-refractivity contribution in [1.29, 1.82) is 0 Å². The topological polar surface area (TPSA) is 102 Å². The van der Waals surface area contributed by atoms with Crippen molar-refractivity contribution in [2.24, 2.45) is 5.73 Å². The number of alkyl halides is 2. The fraction of sp³-hybridized carbons (Fsp3) is 0.421. The van der Waals surface area contributed by atoms with Crippen molar-refractivity contribution in [2.75, 3.05) is 16.8 Å². The van der Waals surface area contributed by atoms with Gasteiger partial charge >= 0.3 is 0 Å². The standard InChI is InChI=1S/C19H21F2N5O3/c1-10(18(22)28)23-11-2-3-12-14(8-11)29-7-6-25-9-15(24-19(12)25)26-13(17(20)21)4-5-16(26)27/h2-3,8-10,13,17,23H,4-7H2,1H3,(H2,22,28)/t10-,13-/m0/s1. The Morgan fingerprint density at radius 3 is 2.93 bits per heavy atom. The van der Waals surface area contributed by atoms with Gasteiger partial charge in [0.05, 0.1) is 18.2 Å². The Hall–Kier alpha value is -3.17. The van der Waals surface area contributed by atoms with Gasteiger partial charge in [0.2, 0.25) is 11.8 Å². The molecule has 0 unspecified atom stereocenters. The first-order chi connectivity index (χ1) is 13.8. The number of nitrogens with one attached hydrogen (secondary N) is 1. The van der Waals surface area contributed by atoms with Crippen LogP contribution in [0, 0.1) is 0 Å². The molecular weight excluding hydrogens is 384 g/mol. The molecule has 3 N–H and O–H groups in total. The lowest BCUT2D eigenvalue weighted by Crippen LogP contribution is -2.38. The van der Waals surface area contributed by atoms with Gasteiger partial charge < -0.3 is 20.4 Å². The van der Waals surface area contributed by atoms with E-state index < -0.39 is 24.4 Å². The number of amides is 2. The molecule has 2 aromatic rings. The number of hydrogen-bond donors (Lipinski definition) is 2. The van der Waals surface area contributed by atoms with Gasteiger partial charge in [-0.25, -0.2) is 13.8 Å². The Balaban J connectivity index is 1.68. The van der Waals surface area contributed by atoms with Crippen LogP contribution in [0.15, 0.2) is 24.4 Å². The highest BCUT2D eigenvalue weighted by Gasteiger charge is 2.39. The Morgan fingerprint density at radius 1 is 1.41 bits per heavy atom. The van der Waals surface area contributed by atoms with E-state index in [0.29, 0.717) is 36.0 Å². The zero-order valence-corrected chi connectivity index (χ0v) is 15.8. The lowest BCUT2D eigenvalue weighted by atomic mass is 10.1. The number of aromatic nitrogens is 2. The summed E-state index contributed by atoms with van der Waals surface area (Å²) in [5.41, 5.74) is 6.61. The molecule has 154 valence electrons. The minimum absolute atomic E-state index is 0.0873. The zero-order chi connectivity index (χ0) is 20.7. The van der Waals surface area contributed by atoms with E-state index in [1.54, 1.807) is 35.9 Å². The molecule has 0 radical (unpaired) electrons. The quantitative estimate of drug-likeness (QED) is 0.792. The van der Waals surface area contributed by atoms with Crippen molar-refractivity contribution in [3.05, 3.63) is 24.4 Å². The van der Waals surface area contributed by atoms with Gasteiger partial charge in [0, 0.05) is 24.4 Å². The summed E-state index contributed by atoms with van der Waals surface area (Å²) < 4.78 is 34.3. The molecule has 2 aliphatic rings. The molecule has 8 nitrogen and oxygen atoms in total. The third-order valence-electron chi connectivity index (χ3n) is 5.18. The molecule has 3 heterocycles. The molecule has 2 aliphatic heterocycles. The number of halogens is 2. The number of fused-ring (bicyclic) bond motifs is 3. The van der Waals surface area contributed by atoms with Crippen LogP contribution in [0.4, 0.5) is 20.3 Å². The molecule has 0 spiro atoms. The van der Waals surface area contributed by atoms with Crippen molar-refractivity contribution >= 4 is 23.3 Å². The number of hydrogen-bond acceptors (Lipinski definition) is 5. The van der Waals surface area contributed by atoms with Crippen LogP contribution >= 0.6 is 0 Å². The summed E-state index contributed by atoms with van der Waals surface area (Å²) in [4.78, 5) is 29.1. The van der Waals surface area contributed by atoms with Gasteiger partial charge in [-0.2, -0.15) is 0 Å². The first-order valence-electron chi connectivity index (χ1n) is 9.35. The van der Waals surface area contributed by atoms with E-state index in [1.165, 1.54) is 0 Å². The number of rotatable bonds is 5. The van der Waals surface area contributed by atoms with Crippen LogP contribution in [0.1, 0.15) is 19.8 Å². The fourth-order valence-corrected chi connectivity index (χ4v) is 3.64. The van der Waals surface area contributed by atoms with E-state index in [-0.39, 0.29) is 24.6 Å². The highest BCUT2D eigenvalue weighted by Crippen LogP contribution is 2.37. The van der Waals surface area contributed by atoms with Crippen LogP contribution in [0.2, 0.25) is 0 Å². The van der Waals surface area contributed by atoms with Crippen molar-refractivity contribution in [1.82, 2.24) is 9.55 Å². The van der Waals surface area contributed by atoms with Crippen molar-refractivity contribution in [3.8, 4) is 17.1 Å². The third-order valence-corrected chi connectivity index (χ3v) is 5.18. The summed E-state index contributed by atoms with van der Waals surface area (Å²) in [6, 6.07) is 3.56. The molecule has 1 aromatic carbocycles. The molecule has 4 rings (SSSR count). The molecule has 2 amide bonds. The van der Waals surface area contributed by atoms with E-state index in [2.05, 4.69) is 10.3 Å². The van der Waals surface area contributed by atoms with Gasteiger partial charge in [-0.15, -0.1) is 0 Å². The molecule has 0 bridgehead atoms. The molecule has 0 aliphatic carbocycles. The smallest absolute Gasteiger partial charge is 0.259 e. The zero-order valence-electron chi connectivity index (χ0n) is 15.8. The normalized spacial score (nSPS) is 19.4. The number of anilines is 2. The van der Waals surface area contributed by atoms with Gasteiger partial charge in [-0.1, -0.05) is 0 Å². The van der Waals surface area contributed by atoms with Crippen molar-refractivity contribution in [2.45, 2.75) is 44.8 Å². The molecular formula is C19H21F2N5O3. The largest absolute Gasteiger partial charge is 0.491 e. The number of benzene rings is 1. The van der Waals surface area contributed by atoms with Crippen LogP contribution in [-0.2, 0) is 16.1 Å². The average molecular weight is 405 g/mol. The van der Waals surface area contributed by atoms with Crippen molar-refractivity contribution < 1.29 is 23.1 Å². The van der Waals surface area contributed by atoms with E-state index in [9.17, 15) is 18.4 Å². The number of carbonyl (C=O) groups is 2. The maximum absolute atomic E-state index is 13.4. The molecule has 29 heavy (non-hydrogen) atoms. The molecule has 1 aromatic heterocycles. The number of ether oxygens (including phenoxy) is 1. The second-order valence-electron chi connectivity index (χ2n) is 7.15. The summed E-state index contributed by atoms with van der Waals surface area (Å²) in [6.45, 7) is 2.45. The second kappa shape index (κ2) is 7.34. The van der Waals surface area contributed by atoms with Crippen LogP contribution in [0.25, 0.3) is 11.4 Å². The molecule has 0 saturated carbocycles. The maximum atomic E-state index is 13.4. The first kappa shape index (κ1) is 19.2. The lowest BCUT2D eigenvalue weighted by molar-refractivity contribution is -0.118. The van der Waals surface area contributed by atoms with Gasteiger partial charge in [0.1, 0.15) is 24.2 Å². The average Bonchev–Trinajstić information content (AvgIpc) is 3.21. The SMILES string of the molecule is C[C@H](Nc1ccc2c(c1)OCCn1cc(N3C(=O)CC[C@H]3C(F)F)nc1-2)C(N)=O.